The highest BCUT2D eigenvalue weighted by atomic mass is 19.4. The van der Waals surface area contributed by atoms with Gasteiger partial charge in [-0.1, -0.05) is 6.07 Å². The van der Waals surface area contributed by atoms with Crippen molar-refractivity contribution in [2.75, 3.05) is 5.73 Å². The summed E-state index contributed by atoms with van der Waals surface area (Å²) in [6, 6.07) is 6.15. The van der Waals surface area contributed by atoms with Crippen LogP contribution in [0.15, 0.2) is 36.4 Å². The molecule has 0 aliphatic rings. The Kier molecular flexibility index (Phi) is 3.52. The first-order valence-corrected chi connectivity index (χ1v) is 5.37. The van der Waals surface area contributed by atoms with Crippen molar-refractivity contribution in [3.63, 3.8) is 0 Å². The first-order chi connectivity index (χ1) is 9.26. The Balaban J connectivity index is 2.45. The third-order valence-electron chi connectivity index (χ3n) is 2.49. The van der Waals surface area contributed by atoms with E-state index in [9.17, 15) is 22.0 Å². The Labute approximate surface area is 110 Å². The number of hydrogen-bond donors (Lipinski definition) is 1. The van der Waals surface area contributed by atoms with Crippen LogP contribution < -0.4 is 10.5 Å². The van der Waals surface area contributed by atoms with Crippen molar-refractivity contribution >= 4 is 5.69 Å². The van der Waals surface area contributed by atoms with Gasteiger partial charge < -0.3 is 10.5 Å². The van der Waals surface area contributed by atoms with Gasteiger partial charge in [0.05, 0.1) is 0 Å². The van der Waals surface area contributed by atoms with Gasteiger partial charge >= 0.3 is 6.36 Å². The van der Waals surface area contributed by atoms with E-state index in [1.165, 1.54) is 12.1 Å². The van der Waals surface area contributed by atoms with Gasteiger partial charge in [-0.2, -0.15) is 0 Å². The minimum Gasteiger partial charge on any atom is -0.406 e. The van der Waals surface area contributed by atoms with Crippen LogP contribution in [0.25, 0.3) is 11.1 Å². The standard InChI is InChI=1S/C13H8F5NO/c14-10-3-1-7(5-11(10)15)9-6-8(2-4-12(9)19)20-13(16,17)18/h1-6H,19H2. The van der Waals surface area contributed by atoms with Crippen molar-refractivity contribution in [1.82, 2.24) is 0 Å². The van der Waals surface area contributed by atoms with Gasteiger partial charge in [-0.05, 0) is 35.9 Å². The zero-order chi connectivity index (χ0) is 14.9. The SMILES string of the molecule is Nc1ccc(OC(F)(F)F)cc1-c1ccc(F)c(F)c1. The van der Waals surface area contributed by atoms with Crippen molar-refractivity contribution in [2.45, 2.75) is 6.36 Å². The number of rotatable bonds is 2. The second-order valence-electron chi connectivity index (χ2n) is 3.93. The molecule has 0 spiro atoms. The zero-order valence-electron chi connectivity index (χ0n) is 9.84. The van der Waals surface area contributed by atoms with Crippen LogP contribution in [-0.2, 0) is 0 Å². The first-order valence-electron chi connectivity index (χ1n) is 5.37. The molecule has 0 unspecified atom stereocenters. The lowest BCUT2D eigenvalue weighted by atomic mass is 10.0. The maximum atomic E-state index is 13.1. The van der Waals surface area contributed by atoms with E-state index in [1.807, 2.05) is 0 Å². The predicted molar refractivity (Wildman–Crippen MR) is 62.9 cm³/mol. The highest BCUT2D eigenvalue weighted by Gasteiger charge is 2.31. The molecule has 106 valence electrons. The third kappa shape index (κ3) is 3.17. The van der Waals surface area contributed by atoms with E-state index in [0.717, 1.165) is 24.3 Å². The average Bonchev–Trinajstić information content (AvgIpc) is 2.33. The summed E-state index contributed by atoms with van der Waals surface area (Å²) in [5, 5.41) is 0. The fourth-order valence-electron chi connectivity index (χ4n) is 1.65. The molecule has 20 heavy (non-hydrogen) atoms. The third-order valence-corrected chi connectivity index (χ3v) is 2.49. The highest BCUT2D eigenvalue weighted by molar-refractivity contribution is 5.77. The molecule has 7 heteroatoms. The summed E-state index contributed by atoms with van der Waals surface area (Å²) in [6.45, 7) is 0. The molecular weight excluding hydrogens is 281 g/mol. The van der Waals surface area contributed by atoms with E-state index >= 15 is 0 Å². The molecular formula is C13H8F5NO. The molecule has 2 nitrogen and oxygen atoms in total. The number of hydrogen-bond acceptors (Lipinski definition) is 2. The molecule has 0 bridgehead atoms. The lowest BCUT2D eigenvalue weighted by Crippen LogP contribution is -2.17. The Bertz CT molecular complexity index is 639. The van der Waals surface area contributed by atoms with Crippen LogP contribution in [0.5, 0.6) is 5.75 Å². The van der Waals surface area contributed by atoms with Gasteiger partial charge in [-0.3, -0.25) is 0 Å². The van der Waals surface area contributed by atoms with Crippen LogP contribution in [0.1, 0.15) is 0 Å². The largest absolute Gasteiger partial charge is 0.573 e. The fourth-order valence-corrected chi connectivity index (χ4v) is 1.65. The number of nitrogens with two attached hydrogens (primary N) is 1. The van der Waals surface area contributed by atoms with Crippen LogP contribution in [0, 0.1) is 11.6 Å². The summed E-state index contributed by atoms with van der Waals surface area (Å²) in [7, 11) is 0. The molecule has 0 radical (unpaired) electrons. The van der Waals surface area contributed by atoms with Crippen LogP contribution in [-0.4, -0.2) is 6.36 Å². The fraction of sp³-hybridized carbons (Fsp3) is 0.0769. The number of benzene rings is 2. The molecule has 0 aromatic heterocycles. The minimum atomic E-state index is -4.85. The summed E-state index contributed by atoms with van der Waals surface area (Å²) in [5.74, 6) is -2.68. The van der Waals surface area contributed by atoms with E-state index in [2.05, 4.69) is 4.74 Å². The summed E-state index contributed by atoms with van der Waals surface area (Å²) in [4.78, 5) is 0. The second kappa shape index (κ2) is 4.99. The Morgan fingerprint density at radius 1 is 0.900 bits per heavy atom. The first kappa shape index (κ1) is 14.1. The lowest BCUT2D eigenvalue weighted by Gasteiger charge is -2.12. The van der Waals surface area contributed by atoms with Gasteiger partial charge in [0.15, 0.2) is 11.6 Å². The van der Waals surface area contributed by atoms with Gasteiger partial charge in [-0.15, -0.1) is 13.2 Å². The summed E-state index contributed by atoms with van der Waals surface area (Å²) < 4.78 is 66.1. The quantitative estimate of drug-likeness (QED) is 0.667. The van der Waals surface area contributed by atoms with Gasteiger partial charge in [0, 0.05) is 11.3 Å². The lowest BCUT2D eigenvalue weighted by molar-refractivity contribution is -0.274. The van der Waals surface area contributed by atoms with Crippen molar-refractivity contribution in [3.05, 3.63) is 48.0 Å². The van der Waals surface area contributed by atoms with Crippen molar-refractivity contribution in [3.8, 4) is 16.9 Å². The van der Waals surface area contributed by atoms with E-state index in [0.29, 0.717) is 0 Å². The molecule has 0 saturated carbocycles. The molecule has 0 aliphatic carbocycles. The molecule has 2 N–H and O–H groups in total. The maximum absolute atomic E-state index is 13.1. The summed E-state index contributed by atoms with van der Waals surface area (Å²) in [5.41, 5.74) is 6.00. The Hall–Kier alpha value is -2.31. The van der Waals surface area contributed by atoms with E-state index < -0.39 is 23.7 Å². The van der Waals surface area contributed by atoms with Gasteiger partial charge in [0.1, 0.15) is 5.75 Å². The normalized spacial score (nSPS) is 11.4. The topological polar surface area (TPSA) is 35.2 Å². The van der Waals surface area contributed by atoms with Gasteiger partial charge in [0.25, 0.3) is 0 Å². The molecule has 0 saturated heterocycles. The maximum Gasteiger partial charge on any atom is 0.573 e. The second-order valence-corrected chi connectivity index (χ2v) is 3.93. The Morgan fingerprint density at radius 2 is 1.60 bits per heavy atom. The van der Waals surface area contributed by atoms with E-state index in [1.54, 1.807) is 0 Å². The Morgan fingerprint density at radius 3 is 2.20 bits per heavy atom. The van der Waals surface area contributed by atoms with Crippen LogP contribution in [0.2, 0.25) is 0 Å². The number of ether oxygens (including phenoxy) is 1. The monoisotopic (exact) mass is 289 g/mol. The number of nitrogen functional groups attached to an aromatic ring is 1. The molecule has 0 aliphatic heterocycles. The minimum absolute atomic E-state index is 0.116. The van der Waals surface area contributed by atoms with E-state index in [4.69, 9.17) is 5.73 Å². The molecule has 2 aromatic rings. The number of anilines is 1. The van der Waals surface area contributed by atoms with Crippen LogP contribution in [0.3, 0.4) is 0 Å². The van der Waals surface area contributed by atoms with Gasteiger partial charge in [0.2, 0.25) is 0 Å². The molecule has 0 atom stereocenters. The highest BCUT2D eigenvalue weighted by Crippen LogP contribution is 2.32. The van der Waals surface area contributed by atoms with Crippen LogP contribution in [0.4, 0.5) is 27.6 Å². The van der Waals surface area contributed by atoms with Crippen molar-refractivity contribution < 1.29 is 26.7 Å². The molecule has 2 rings (SSSR count). The van der Waals surface area contributed by atoms with Crippen molar-refractivity contribution in [1.29, 1.82) is 0 Å². The molecule has 0 amide bonds. The number of halogens is 5. The molecule has 0 heterocycles. The van der Waals surface area contributed by atoms with Crippen LogP contribution >= 0.6 is 0 Å². The summed E-state index contributed by atoms with van der Waals surface area (Å²) in [6.07, 6.45) is -4.85. The number of alkyl halides is 3. The van der Waals surface area contributed by atoms with E-state index in [-0.39, 0.29) is 16.8 Å². The van der Waals surface area contributed by atoms with Gasteiger partial charge in [-0.25, -0.2) is 8.78 Å². The average molecular weight is 289 g/mol. The summed E-state index contributed by atoms with van der Waals surface area (Å²) >= 11 is 0. The smallest absolute Gasteiger partial charge is 0.406 e. The molecule has 2 aromatic carbocycles. The zero-order valence-corrected chi connectivity index (χ0v) is 9.84. The predicted octanol–water partition coefficient (Wildman–Crippen LogP) is 4.11. The van der Waals surface area contributed by atoms with Crippen molar-refractivity contribution in [2.24, 2.45) is 0 Å². The molecule has 0 fully saturated rings.